The van der Waals surface area contributed by atoms with Crippen LogP contribution in [0.4, 0.5) is 10.5 Å². The minimum Gasteiger partial charge on any atom is -0.352 e. The van der Waals surface area contributed by atoms with Gasteiger partial charge >= 0.3 is 6.03 Å². The molecule has 0 aliphatic heterocycles. The molecule has 0 aliphatic carbocycles. The van der Waals surface area contributed by atoms with Gasteiger partial charge in [0.05, 0.1) is 0 Å². The Morgan fingerprint density at radius 3 is 2.33 bits per heavy atom. The molecule has 0 saturated heterocycles. The van der Waals surface area contributed by atoms with Crippen molar-refractivity contribution in [1.82, 2.24) is 5.32 Å². The standard InChI is InChI=1S/C19H23N3O2/c1-12(2)16-6-4-5-13(3)17(16)22-18(23)15-9-7-14(8-10-15)11-21-19(20)24/h4-10,12H,11H2,1-3H3,(H,22,23)(H3,20,21,24). The molecule has 126 valence electrons. The maximum atomic E-state index is 12.5. The molecular formula is C19H23N3O2. The fourth-order valence-electron chi connectivity index (χ4n) is 2.49. The lowest BCUT2D eigenvalue weighted by Gasteiger charge is -2.16. The van der Waals surface area contributed by atoms with Crippen molar-refractivity contribution in [3.63, 3.8) is 0 Å². The zero-order valence-electron chi connectivity index (χ0n) is 14.2. The van der Waals surface area contributed by atoms with Gasteiger partial charge in [-0.05, 0) is 41.7 Å². The summed E-state index contributed by atoms with van der Waals surface area (Å²) in [4.78, 5) is 23.2. The molecular weight excluding hydrogens is 302 g/mol. The molecule has 0 bridgehead atoms. The van der Waals surface area contributed by atoms with Crippen LogP contribution < -0.4 is 16.4 Å². The zero-order chi connectivity index (χ0) is 17.7. The first-order valence-corrected chi connectivity index (χ1v) is 7.91. The lowest BCUT2D eigenvalue weighted by Crippen LogP contribution is -2.28. The highest BCUT2D eigenvalue weighted by Crippen LogP contribution is 2.27. The average molecular weight is 325 g/mol. The summed E-state index contributed by atoms with van der Waals surface area (Å²) < 4.78 is 0. The summed E-state index contributed by atoms with van der Waals surface area (Å²) in [6.07, 6.45) is 0. The molecule has 5 heteroatoms. The quantitative estimate of drug-likeness (QED) is 0.785. The number of hydrogen-bond donors (Lipinski definition) is 3. The summed E-state index contributed by atoms with van der Waals surface area (Å²) >= 11 is 0. The largest absolute Gasteiger partial charge is 0.352 e. The van der Waals surface area contributed by atoms with Crippen LogP contribution in [0.15, 0.2) is 42.5 Å². The molecule has 0 saturated carbocycles. The molecule has 2 aromatic carbocycles. The van der Waals surface area contributed by atoms with Crippen molar-refractivity contribution in [2.24, 2.45) is 5.73 Å². The van der Waals surface area contributed by atoms with Crippen LogP contribution in [-0.2, 0) is 6.54 Å². The van der Waals surface area contributed by atoms with Crippen molar-refractivity contribution in [1.29, 1.82) is 0 Å². The second-order valence-electron chi connectivity index (χ2n) is 6.06. The molecule has 0 atom stereocenters. The molecule has 4 N–H and O–H groups in total. The number of rotatable bonds is 5. The van der Waals surface area contributed by atoms with Gasteiger partial charge < -0.3 is 16.4 Å². The first kappa shape index (κ1) is 17.5. The van der Waals surface area contributed by atoms with E-state index in [4.69, 9.17) is 5.73 Å². The molecule has 0 heterocycles. The fraction of sp³-hybridized carbons (Fsp3) is 0.263. The van der Waals surface area contributed by atoms with Crippen LogP contribution in [0.2, 0.25) is 0 Å². The third kappa shape index (κ3) is 4.35. The van der Waals surface area contributed by atoms with Crippen molar-refractivity contribution in [2.45, 2.75) is 33.2 Å². The van der Waals surface area contributed by atoms with Gasteiger partial charge in [-0.2, -0.15) is 0 Å². The summed E-state index contributed by atoms with van der Waals surface area (Å²) in [5.41, 5.74) is 9.51. The second-order valence-corrected chi connectivity index (χ2v) is 6.06. The minimum absolute atomic E-state index is 0.152. The number of para-hydroxylation sites is 1. The van der Waals surface area contributed by atoms with Crippen molar-refractivity contribution in [3.05, 3.63) is 64.7 Å². The van der Waals surface area contributed by atoms with Crippen molar-refractivity contribution >= 4 is 17.6 Å². The van der Waals surface area contributed by atoms with Crippen LogP contribution in [-0.4, -0.2) is 11.9 Å². The minimum atomic E-state index is -0.572. The predicted molar refractivity (Wildman–Crippen MR) is 96.1 cm³/mol. The number of carbonyl (C=O) groups excluding carboxylic acids is 2. The van der Waals surface area contributed by atoms with Gasteiger partial charge in [0.1, 0.15) is 0 Å². The maximum absolute atomic E-state index is 12.5. The van der Waals surface area contributed by atoms with Crippen molar-refractivity contribution in [3.8, 4) is 0 Å². The second kappa shape index (κ2) is 7.64. The summed E-state index contributed by atoms with van der Waals surface area (Å²) in [6, 6.07) is 12.5. The summed E-state index contributed by atoms with van der Waals surface area (Å²) in [6.45, 7) is 6.53. The number of primary amides is 1. The van der Waals surface area contributed by atoms with E-state index in [1.54, 1.807) is 24.3 Å². The number of aryl methyl sites for hydroxylation is 1. The molecule has 0 spiro atoms. The van der Waals surface area contributed by atoms with Gasteiger partial charge in [0.25, 0.3) is 5.91 Å². The smallest absolute Gasteiger partial charge is 0.312 e. The molecule has 24 heavy (non-hydrogen) atoms. The van der Waals surface area contributed by atoms with Gasteiger partial charge in [-0.15, -0.1) is 0 Å². The Labute approximate surface area is 142 Å². The Hall–Kier alpha value is -2.82. The van der Waals surface area contributed by atoms with E-state index in [-0.39, 0.29) is 5.91 Å². The van der Waals surface area contributed by atoms with Crippen LogP contribution in [0.25, 0.3) is 0 Å². The van der Waals surface area contributed by atoms with Crippen LogP contribution >= 0.6 is 0 Å². The van der Waals surface area contributed by atoms with Crippen molar-refractivity contribution in [2.75, 3.05) is 5.32 Å². The first-order chi connectivity index (χ1) is 11.4. The van der Waals surface area contributed by atoms with Crippen molar-refractivity contribution < 1.29 is 9.59 Å². The Bertz CT molecular complexity index is 737. The highest BCUT2D eigenvalue weighted by molar-refractivity contribution is 6.05. The lowest BCUT2D eigenvalue weighted by atomic mass is 9.98. The van der Waals surface area contributed by atoms with Crippen LogP contribution in [0.3, 0.4) is 0 Å². The molecule has 2 aromatic rings. The maximum Gasteiger partial charge on any atom is 0.312 e. The third-order valence-electron chi connectivity index (χ3n) is 3.85. The molecule has 0 unspecified atom stereocenters. The van der Waals surface area contributed by atoms with E-state index >= 15 is 0 Å². The molecule has 3 amide bonds. The van der Waals surface area contributed by atoms with E-state index in [2.05, 4.69) is 24.5 Å². The number of benzene rings is 2. The lowest BCUT2D eigenvalue weighted by molar-refractivity contribution is 0.102. The number of hydrogen-bond acceptors (Lipinski definition) is 2. The van der Waals surface area contributed by atoms with E-state index in [0.717, 1.165) is 22.4 Å². The normalized spacial score (nSPS) is 10.5. The van der Waals surface area contributed by atoms with Gasteiger partial charge in [-0.25, -0.2) is 4.79 Å². The number of anilines is 1. The number of nitrogens with two attached hydrogens (primary N) is 1. The van der Waals surface area contributed by atoms with Crippen LogP contribution in [0.5, 0.6) is 0 Å². The molecule has 0 aliphatic rings. The Morgan fingerprint density at radius 2 is 1.75 bits per heavy atom. The van der Waals surface area contributed by atoms with E-state index in [9.17, 15) is 9.59 Å². The summed E-state index contributed by atoms with van der Waals surface area (Å²) in [5, 5.41) is 5.53. The number of nitrogens with one attached hydrogen (secondary N) is 2. The van der Waals surface area contributed by atoms with Crippen LogP contribution in [0.1, 0.15) is 46.8 Å². The van der Waals surface area contributed by atoms with E-state index < -0.39 is 6.03 Å². The van der Waals surface area contributed by atoms with Gasteiger partial charge in [0.2, 0.25) is 0 Å². The van der Waals surface area contributed by atoms with Gasteiger partial charge in [-0.3, -0.25) is 4.79 Å². The van der Waals surface area contributed by atoms with E-state index in [1.807, 2.05) is 25.1 Å². The summed E-state index contributed by atoms with van der Waals surface area (Å²) in [7, 11) is 0. The monoisotopic (exact) mass is 325 g/mol. The molecule has 0 radical (unpaired) electrons. The van der Waals surface area contributed by atoms with Gasteiger partial charge in [0, 0.05) is 17.8 Å². The third-order valence-corrected chi connectivity index (χ3v) is 3.85. The molecule has 5 nitrogen and oxygen atoms in total. The number of carbonyl (C=O) groups is 2. The Balaban J connectivity index is 2.14. The topological polar surface area (TPSA) is 84.2 Å². The van der Waals surface area contributed by atoms with Gasteiger partial charge in [0.15, 0.2) is 0 Å². The first-order valence-electron chi connectivity index (χ1n) is 7.91. The Morgan fingerprint density at radius 1 is 1.08 bits per heavy atom. The fourth-order valence-corrected chi connectivity index (χ4v) is 2.49. The van der Waals surface area contributed by atoms with Crippen LogP contribution in [0, 0.1) is 6.92 Å². The van der Waals surface area contributed by atoms with E-state index in [1.165, 1.54) is 0 Å². The van der Waals surface area contributed by atoms with E-state index in [0.29, 0.717) is 18.0 Å². The highest BCUT2D eigenvalue weighted by Gasteiger charge is 2.13. The Kier molecular flexibility index (Phi) is 5.58. The zero-order valence-corrected chi connectivity index (χ0v) is 14.2. The average Bonchev–Trinajstić information content (AvgIpc) is 2.55. The predicted octanol–water partition coefficient (Wildman–Crippen LogP) is 3.54. The summed E-state index contributed by atoms with van der Waals surface area (Å²) in [5.74, 6) is 0.170. The SMILES string of the molecule is Cc1cccc(C(C)C)c1NC(=O)c1ccc(CNC(N)=O)cc1. The van der Waals surface area contributed by atoms with Gasteiger partial charge in [-0.1, -0.05) is 44.2 Å². The number of urea groups is 1. The number of amides is 3. The highest BCUT2D eigenvalue weighted by atomic mass is 16.2. The molecule has 0 aromatic heterocycles. The molecule has 2 rings (SSSR count). The molecule has 0 fully saturated rings.